The Bertz CT molecular complexity index is 968. The molecule has 4 rings (SSSR count). The van der Waals surface area contributed by atoms with Crippen molar-refractivity contribution in [1.82, 2.24) is 5.01 Å². The lowest BCUT2D eigenvalue weighted by Gasteiger charge is -2.20. The number of halogens is 2. The summed E-state index contributed by atoms with van der Waals surface area (Å²) in [7, 11) is 0. The fraction of sp³-hybridized carbons (Fsp3) is 0.158. The molecule has 1 amide bonds. The average Bonchev–Trinajstić information content (AvgIpc) is 3.40. The first-order chi connectivity index (χ1) is 13.1. The number of carbonyl (C=O) groups excluding carboxylic acids is 1. The second-order valence-electron chi connectivity index (χ2n) is 5.86. The highest BCUT2D eigenvalue weighted by Crippen LogP contribution is 2.33. The van der Waals surface area contributed by atoms with Crippen molar-refractivity contribution in [1.29, 1.82) is 0 Å². The molecule has 1 aromatic carbocycles. The van der Waals surface area contributed by atoms with Crippen LogP contribution in [0.2, 0.25) is 10.0 Å². The first-order valence-corrected chi connectivity index (χ1v) is 8.92. The quantitative estimate of drug-likeness (QED) is 0.603. The number of hydrazone groups is 1. The van der Waals surface area contributed by atoms with Gasteiger partial charge >= 0.3 is 0 Å². The van der Waals surface area contributed by atoms with Crippen molar-refractivity contribution < 1.29 is 18.4 Å². The molecule has 138 valence electrons. The zero-order chi connectivity index (χ0) is 18.8. The zero-order valence-corrected chi connectivity index (χ0v) is 15.5. The molecule has 1 unspecified atom stereocenters. The number of ether oxygens (including phenoxy) is 1. The van der Waals surface area contributed by atoms with Gasteiger partial charge in [0.1, 0.15) is 29.0 Å². The molecule has 1 atom stereocenters. The van der Waals surface area contributed by atoms with Crippen molar-refractivity contribution in [2.45, 2.75) is 12.5 Å². The maximum absolute atomic E-state index is 12.8. The third-order valence-corrected chi connectivity index (χ3v) is 4.63. The Kier molecular flexibility index (Phi) is 4.92. The maximum atomic E-state index is 12.8. The van der Waals surface area contributed by atoms with Crippen molar-refractivity contribution in [3.63, 3.8) is 0 Å². The van der Waals surface area contributed by atoms with E-state index in [9.17, 15) is 4.79 Å². The number of carbonyl (C=O) groups is 1. The lowest BCUT2D eigenvalue weighted by molar-refractivity contribution is -0.135. The normalized spacial score (nSPS) is 16.4. The van der Waals surface area contributed by atoms with Crippen LogP contribution < -0.4 is 4.74 Å². The topological polar surface area (TPSA) is 68.2 Å². The van der Waals surface area contributed by atoms with E-state index in [0.717, 1.165) is 0 Å². The third-order valence-electron chi connectivity index (χ3n) is 4.09. The molecule has 0 N–H and O–H groups in total. The molecule has 8 heteroatoms. The Morgan fingerprint density at radius 3 is 2.74 bits per heavy atom. The fourth-order valence-corrected chi connectivity index (χ4v) is 3.16. The molecular weight excluding hydrogens is 391 g/mol. The number of rotatable bonds is 5. The fourth-order valence-electron chi connectivity index (χ4n) is 2.83. The predicted octanol–water partition coefficient (Wildman–Crippen LogP) is 4.94. The first-order valence-electron chi connectivity index (χ1n) is 8.16. The second-order valence-corrected chi connectivity index (χ2v) is 6.70. The molecular formula is C19H14Cl2N2O4. The second kappa shape index (κ2) is 7.50. The highest BCUT2D eigenvalue weighted by Gasteiger charge is 2.35. The summed E-state index contributed by atoms with van der Waals surface area (Å²) in [4.78, 5) is 12.8. The van der Waals surface area contributed by atoms with Crippen molar-refractivity contribution in [2.24, 2.45) is 5.10 Å². The molecule has 2 aromatic heterocycles. The Morgan fingerprint density at radius 2 is 2.00 bits per heavy atom. The monoisotopic (exact) mass is 404 g/mol. The summed E-state index contributed by atoms with van der Waals surface area (Å²) in [5.74, 6) is 1.24. The van der Waals surface area contributed by atoms with Crippen LogP contribution in [0.4, 0.5) is 0 Å². The van der Waals surface area contributed by atoms with E-state index in [2.05, 4.69) is 5.10 Å². The van der Waals surface area contributed by atoms with Crippen LogP contribution in [0.15, 0.2) is 68.9 Å². The summed E-state index contributed by atoms with van der Waals surface area (Å²) < 4.78 is 16.4. The van der Waals surface area contributed by atoms with E-state index in [-0.39, 0.29) is 18.6 Å². The molecule has 0 aliphatic carbocycles. The van der Waals surface area contributed by atoms with Gasteiger partial charge in [0.15, 0.2) is 6.61 Å². The summed E-state index contributed by atoms with van der Waals surface area (Å²) in [5, 5.41) is 6.62. The van der Waals surface area contributed by atoms with Gasteiger partial charge in [0.25, 0.3) is 5.91 Å². The Morgan fingerprint density at radius 1 is 1.19 bits per heavy atom. The lowest BCUT2D eigenvalue weighted by Crippen LogP contribution is -2.31. The van der Waals surface area contributed by atoms with Gasteiger partial charge in [-0.1, -0.05) is 23.2 Å². The van der Waals surface area contributed by atoms with Gasteiger partial charge in [0.2, 0.25) is 0 Å². The van der Waals surface area contributed by atoms with E-state index in [1.54, 1.807) is 55.0 Å². The van der Waals surface area contributed by atoms with Crippen LogP contribution in [0.5, 0.6) is 5.75 Å². The van der Waals surface area contributed by atoms with Crippen LogP contribution in [-0.2, 0) is 4.79 Å². The molecule has 0 saturated carbocycles. The number of hydrogen-bond donors (Lipinski definition) is 0. The van der Waals surface area contributed by atoms with Crippen molar-refractivity contribution in [3.05, 3.63) is 76.6 Å². The summed E-state index contributed by atoms with van der Waals surface area (Å²) in [5.41, 5.74) is 0.663. The standard InChI is InChI=1S/C19H14Cl2N2O4/c20-12-5-6-13(21)18(9-12)27-11-19(24)23-15(17-4-2-8-26-17)10-14(22-23)16-3-1-7-25-16/h1-9,15H,10-11H2. The van der Waals surface area contributed by atoms with Gasteiger partial charge in [-0.3, -0.25) is 4.79 Å². The molecule has 1 aliphatic rings. The summed E-state index contributed by atoms with van der Waals surface area (Å²) in [6.45, 7) is -0.244. The van der Waals surface area contributed by atoms with E-state index in [1.165, 1.54) is 5.01 Å². The van der Waals surface area contributed by atoms with E-state index in [0.29, 0.717) is 39.4 Å². The van der Waals surface area contributed by atoms with Crippen molar-refractivity contribution >= 4 is 34.8 Å². The number of benzene rings is 1. The van der Waals surface area contributed by atoms with Crippen LogP contribution in [0.3, 0.4) is 0 Å². The van der Waals surface area contributed by atoms with E-state index in [1.807, 2.05) is 0 Å². The minimum absolute atomic E-state index is 0.244. The minimum Gasteiger partial charge on any atom is -0.482 e. The van der Waals surface area contributed by atoms with Crippen LogP contribution in [-0.4, -0.2) is 23.2 Å². The molecule has 0 radical (unpaired) electrons. The highest BCUT2D eigenvalue weighted by molar-refractivity contribution is 6.34. The SMILES string of the molecule is O=C(COc1cc(Cl)ccc1Cl)N1N=C(c2ccco2)CC1c1ccco1. The molecule has 27 heavy (non-hydrogen) atoms. The number of nitrogens with zero attached hydrogens (tertiary/aromatic N) is 2. The van der Waals surface area contributed by atoms with Gasteiger partial charge in [0, 0.05) is 17.5 Å². The summed E-state index contributed by atoms with van der Waals surface area (Å²) in [6.07, 6.45) is 3.60. The van der Waals surface area contributed by atoms with Crippen LogP contribution in [0.1, 0.15) is 24.0 Å². The van der Waals surface area contributed by atoms with Crippen molar-refractivity contribution in [2.75, 3.05) is 6.61 Å². The van der Waals surface area contributed by atoms with E-state index < -0.39 is 0 Å². The van der Waals surface area contributed by atoms with E-state index >= 15 is 0 Å². The molecule has 6 nitrogen and oxygen atoms in total. The highest BCUT2D eigenvalue weighted by atomic mass is 35.5. The molecule has 0 bridgehead atoms. The molecule has 0 spiro atoms. The molecule has 3 heterocycles. The molecule has 1 aliphatic heterocycles. The number of amides is 1. The Labute approximate surface area is 164 Å². The van der Waals surface area contributed by atoms with Gasteiger partial charge in [-0.05, 0) is 36.4 Å². The smallest absolute Gasteiger partial charge is 0.281 e. The molecule has 0 saturated heterocycles. The van der Waals surface area contributed by atoms with Gasteiger partial charge < -0.3 is 13.6 Å². The third kappa shape index (κ3) is 3.72. The Hall–Kier alpha value is -2.70. The van der Waals surface area contributed by atoms with Crippen LogP contribution in [0.25, 0.3) is 0 Å². The van der Waals surface area contributed by atoms with Gasteiger partial charge in [0.05, 0.1) is 17.5 Å². The molecule has 3 aromatic rings. The van der Waals surface area contributed by atoms with Crippen molar-refractivity contribution in [3.8, 4) is 5.75 Å². The Balaban J connectivity index is 1.54. The number of hydrogen-bond acceptors (Lipinski definition) is 5. The van der Waals surface area contributed by atoms with Gasteiger partial charge in [-0.25, -0.2) is 5.01 Å². The predicted molar refractivity (Wildman–Crippen MR) is 100 cm³/mol. The van der Waals surface area contributed by atoms with Gasteiger partial charge in [-0.15, -0.1) is 0 Å². The molecule has 0 fully saturated rings. The summed E-state index contributed by atoms with van der Waals surface area (Å²) >= 11 is 12.0. The van der Waals surface area contributed by atoms with E-state index in [4.69, 9.17) is 36.8 Å². The maximum Gasteiger partial charge on any atom is 0.281 e. The summed E-state index contributed by atoms with van der Waals surface area (Å²) in [6, 6.07) is 11.6. The van der Waals surface area contributed by atoms with Gasteiger partial charge in [-0.2, -0.15) is 5.10 Å². The zero-order valence-electron chi connectivity index (χ0n) is 14.0. The average molecular weight is 405 g/mol. The van der Waals surface area contributed by atoms with Crippen LogP contribution in [0, 0.1) is 0 Å². The largest absolute Gasteiger partial charge is 0.482 e. The minimum atomic E-state index is -0.369. The van der Waals surface area contributed by atoms with Crippen LogP contribution >= 0.6 is 23.2 Å². The lowest BCUT2D eigenvalue weighted by atomic mass is 10.1. The number of furan rings is 2. The first kappa shape index (κ1) is 17.7.